The number of nitrogens with zero attached hydrogens (tertiary/aromatic N) is 4. The highest BCUT2D eigenvalue weighted by Gasteiger charge is 2.50. The van der Waals surface area contributed by atoms with Crippen LogP contribution in [0.25, 0.3) is 0 Å². The quantitative estimate of drug-likeness (QED) is 0.697. The lowest BCUT2D eigenvalue weighted by molar-refractivity contribution is -0.156. The number of halogens is 1. The number of carbonyl (C=O) groups is 2. The first-order valence-electron chi connectivity index (χ1n) is 13.1. The lowest BCUT2D eigenvalue weighted by atomic mass is 9.80. The maximum absolute atomic E-state index is 13.5. The average Bonchev–Trinajstić information content (AvgIpc) is 3.34. The van der Waals surface area contributed by atoms with Crippen LogP contribution in [0.15, 0.2) is 53.6 Å². The molecule has 3 aliphatic heterocycles. The largest absolute Gasteiger partial charge is 0.338 e. The number of rotatable bonds is 5. The van der Waals surface area contributed by atoms with E-state index in [-0.39, 0.29) is 35.9 Å². The van der Waals surface area contributed by atoms with Crippen LogP contribution in [-0.2, 0) is 29.1 Å². The van der Waals surface area contributed by atoms with Crippen molar-refractivity contribution in [1.82, 2.24) is 20.1 Å². The van der Waals surface area contributed by atoms with Gasteiger partial charge < -0.3 is 9.80 Å². The lowest BCUT2D eigenvalue weighted by Gasteiger charge is -2.50. The number of amidine groups is 1. The Morgan fingerprint density at radius 1 is 1.06 bits per heavy atom. The zero-order valence-corrected chi connectivity index (χ0v) is 20.4. The molecule has 1 saturated heterocycles. The second-order valence-corrected chi connectivity index (χ2v) is 10.3. The molecule has 0 radical (unpaired) electrons. The standard InChI is InChI=1S/C28H32FN5O2/c29-22-11-9-19(10-12-22)17-33-27(36)23-7-3-4-8-24(23)34-25(30-31-28(33)34)13-14-26(35)32-16-15-20-5-1-2-6-21(20)18-32/h1-2,5-6,9-12,23-24,28,31H,3-4,7-8,13-18H2. The highest BCUT2D eigenvalue weighted by molar-refractivity contribution is 5.91. The molecular formula is C28H32FN5O2. The molecule has 188 valence electrons. The van der Waals surface area contributed by atoms with Crippen molar-refractivity contribution in [3.8, 4) is 0 Å². The Morgan fingerprint density at radius 3 is 2.67 bits per heavy atom. The summed E-state index contributed by atoms with van der Waals surface area (Å²) >= 11 is 0. The van der Waals surface area contributed by atoms with E-state index in [1.54, 1.807) is 12.1 Å². The maximum Gasteiger partial charge on any atom is 0.231 e. The summed E-state index contributed by atoms with van der Waals surface area (Å²) in [7, 11) is 0. The molecule has 0 aromatic heterocycles. The van der Waals surface area contributed by atoms with Crippen molar-refractivity contribution >= 4 is 17.6 Å². The van der Waals surface area contributed by atoms with Crippen LogP contribution in [0.3, 0.4) is 0 Å². The molecule has 0 bridgehead atoms. The Kier molecular flexibility index (Phi) is 6.11. The van der Waals surface area contributed by atoms with E-state index < -0.39 is 0 Å². The summed E-state index contributed by atoms with van der Waals surface area (Å²) < 4.78 is 13.4. The van der Waals surface area contributed by atoms with Crippen LogP contribution < -0.4 is 5.43 Å². The van der Waals surface area contributed by atoms with E-state index in [2.05, 4.69) is 33.6 Å². The Labute approximate surface area is 210 Å². The van der Waals surface area contributed by atoms with E-state index >= 15 is 0 Å². The molecule has 4 aliphatic rings. The van der Waals surface area contributed by atoms with Gasteiger partial charge in [0.2, 0.25) is 11.8 Å². The third-order valence-corrected chi connectivity index (χ3v) is 8.16. The molecule has 0 spiro atoms. The van der Waals surface area contributed by atoms with Gasteiger partial charge in [0.05, 0.1) is 5.92 Å². The molecule has 2 fully saturated rings. The van der Waals surface area contributed by atoms with E-state index in [1.165, 1.54) is 23.3 Å². The van der Waals surface area contributed by atoms with Crippen LogP contribution in [-0.4, -0.2) is 51.2 Å². The summed E-state index contributed by atoms with van der Waals surface area (Å²) in [4.78, 5) is 32.7. The van der Waals surface area contributed by atoms with Gasteiger partial charge in [-0.3, -0.25) is 19.9 Å². The summed E-state index contributed by atoms with van der Waals surface area (Å²) in [6, 6.07) is 14.8. The van der Waals surface area contributed by atoms with Crippen molar-refractivity contribution in [3.05, 3.63) is 71.0 Å². The second-order valence-electron chi connectivity index (χ2n) is 10.3. The fraction of sp³-hybridized carbons (Fsp3) is 0.464. The first-order chi connectivity index (χ1) is 17.6. The van der Waals surface area contributed by atoms with Crippen molar-refractivity contribution in [3.63, 3.8) is 0 Å². The highest BCUT2D eigenvalue weighted by Crippen LogP contribution is 2.38. The van der Waals surface area contributed by atoms with Crippen molar-refractivity contribution in [2.75, 3.05) is 6.54 Å². The molecule has 8 heteroatoms. The molecule has 2 aromatic carbocycles. The van der Waals surface area contributed by atoms with Gasteiger partial charge in [-0.25, -0.2) is 4.39 Å². The van der Waals surface area contributed by atoms with Crippen LogP contribution in [0.1, 0.15) is 55.2 Å². The van der Waals surface area contributed by atoms with Gasteiger partial charge in [0.25, 0.3) is 0 Å². The molecule has 2 aromatic rings. The van der Waals surface area contributed by atoms with Gasteiger partial charge in [0.15, 0.2) is 6.29 Å². The molecule has 7 nitrogen and oxygen atoms in total. The zero-order chi connectivity index (χ0) is 24.6. The molecule has 2 amide bonds. The predicted molar refractivity (Wildman–Crippen MR) is 134 cm³/mol. The van der Waals surface area contributed by atoms with Gasteiger partial charge in [-0.05, 0) is 48.1 Å². The summed E-state index contributed by atoms with van der Waals surface area (Å²) in [5.41, 5.74) is 6.63. The Bertz CT molecular complexity index is 1180. The molecule has 3 heterocycles. The number of amides is 2. The van der Waals surface area contributed by atoms with Crippen LogP contribution >= 0.6 is 0 Å². The van der Waals surface area contributed by atoms with E-state index in [1.807, 2.05) is 15.9 Å². The molecule has 1 saturated carbocycles. The minimum Gasteiger partial charge on any atom is -0.338 e. The Morgan fingerprint density at radius 2 is 1.83 bits per heavy atom. The van der Waals surface area contributed by atoms with E-state index in [0.717, 1.165) is 50.0 Å². The van der Waals surface area contributed by atoms with Crippen molar-refractivity contribution in [2.24, 2.45) is 11.0 Å². The number of nitrogens with one attached hydrogen (secondary N) is 1. The first-order valence-corrected chi connectivity index (χ1v) is 13.1. The fourth-order valence-corrected chi connectivity index (χ4v) is 6.27. The highest BCUT2D eigenvalue weighted by atomic mass is 19.1. The Hall–Kier alpha value is -3.42. The summed E-state index contributed by atoms with van der Waals surface area (Å²) in [6.45, 7) is 1.81. The van der Waals surface area contributed by atoms with Crippen molar-refractivity contribution in [1.29, 1.82) is 0 Å². The van der Waals surface area contributed by atoms with E-state index in [4.69, 9.17) is 0 Å². The normalized spacial score (nSPS) is 25.0. The zero-order valence-electron chi connectivity index (χ0n) is 20.4. The summed E-state index contributed by atoms with van der Waals surface area (Å²) in [5, 5.41) is 4.63. The van der Waals surface area contributed by atoms with Crippen molar-refractivity contribution in [2.45, 2.75) is 70.4 Å². The van der Waals surface area contributed by atoms with Gasteiger partial charge in [-0.15, -0.1) is 0 Å². The van der Waals surface area contributed by atoms with Crippen molar-refractivity contribution < 1.29 is 14.0 Å². The van der Waals surface area contributed by atoms with E-state index in [9.17, 15) is 14.0 Å². The molecule has 6 rings (SSSR count). The van der Waals surface area contributed by atoms with Crippen LogP contribution in [0.2, 0.25) is 0 Å². The molecular weight excluding hydrogens is 457 g/mol. The van der Waals surface area contributed by atoms with E-state index in [0.29, 0.717) is 25.9 Å². The third-order valence-electron chi connectivity index (χ3n) is 8.16. The monoisotopic (exact) mass is 489 g/mol. The van der Waals surface area contributed by atoms with Crippen LogP contribution in [0.4, 0.5) is 4.39 Å². The van der Waals surface area contributed by atoms with Gasteiger partial charge >= 0.3 is 0 Å². The van der Waals surface area contributed by atoms with Crippen LogP contribution in [0, 0.1) is 11.7 Å². The number of hydrazone groups is 1. The minimum absolute atomic E-state index is 0.0742. The van der Waals surface area contributed by atoms with Gasteiger partial charge in [-0.2, -0.15) is 5.10 Å². The SMILES string of the molecule is O=C(CCC1=NNC2N(Cc3ccc(F)cc3)C(=O)C3CCCCC3N12)N1CCc2ccccc2C1. The molecule has 3 unspecified atom stereocenters. The summed E-state index contributed by atoms with van der Waals surface area (Å²) in [5.74, 6) is 0.780. The Balaban J connectivity index is 1.16. The molecule has 1 aliphatic carbocycles. The van der Waals surface area contributed by atoms with Crippen LogP contribution in [0.5, 0.6) is 0 Å². The fourth-order valence-electron chi connectivity index (χ4n) is 6.27. The smallest absolute Gasteiger partial charge is 0.231 e. The third kappa shape index (κ3) is 4.22. The van der Waals surface area contributed by atoms with Gasteiger partial charge in [0, 0.05) is 38.5 Å². The predicted octanol–water partition coefficient (Wildman–Crippen LogP) is 3.59. The number of carbonyl (C=O) groups excluding carboxylic acids is 2. The maximum atomic E-state index is 13.5. The number of benzene rings is 2. The minimum atomic E-state index is -0.367. The number of fused-ring (bicyclic) bond motifs is 4. The first kappa shape index (κ1) is 23.0. The average molecular weight is 490 g/mol. The number of hydrogen-bond acceptors (Lipinski definition) is 5. The second kappa shape index (κ2) is 9.56. The topological polar surface area (TPSA) is 68.2 Å². The molecule has 36 heavy (non-hydrogen) atoms. The van der Waals surface area contributed by atoms with Gasteiger partial charge in [0.1, 0.15) is 11.7 Å². The number of hydrogen-bond donors (Lipinski definition) is 1. The van der Waals surface area contributed by atoms with Gasteiger partial charge in [-0.1, -0.05) is 49.2 Å². The lowest BCUT2D eigenvalue weighted by Crippen LogP contribution is -2.67. The molecule has 1 N–H and O–H groups in total. The molecule has 3 atom stereocenters. The summed E-state index contributed by atoms with van der Waals surface area (Å²) in [6.07, 6.45) is 5.43.